The summed E-state index contributed by atoms with van der Waals surface area (Å²) in [6, 6.07) is 10.3. The Bertz CT molecular complexity index is 777. The minimum atomic E-state index is -0.834. The highest BCUT2D eigenvalue weighted by Crippen LogP contribution is 2.30. The van der Waals surface area contributed by atoms with Gasteiger partial charge in [0, 0.05) is 30.7 Å². The molecular formula is C21H25N3O2. The molecule has 1 aromatic heterocycles. The Balaban J connectivity index is 2.56. The Hall–Kier alpha value is -2.95. The summed E-state index contributed by atoms with van der Waals surface area (Å²) in [6.07, 6.45) is 4.43. The van der Waals surface area contributed by atoms with Gasteiger partial charge < -0.3 is 5.32 Å². The molecule has 2 aromatic rings. The summed E-state index contributed by atoms with van der Waals surface area (Å²) in [5.74, 6) is -0.654. The number of pyridine rings is 1. The van der Waals surface area contributed by atoms with Gasteiger partial charge >= 0.3 is 0 Å². The van der Waals surface area contributed by atoms with Crippen LogP contribution in [0.1, 0.15) is 37.9 Å². The van der Waals surface area contributed by atoms with Crippen molar-refractivity contribution in [3.8, 4) is 0 Å². The summed E-state index contributed by atoms with van der Waals surface area (Å²) in [5.41, 5.74) is 2.39. The van der Waals surface area contributed by atoms with Gasteiger partial charge in [0.2, 0.25) is 5.91 Å². The molecule has 1 heterocycles. The maximum absolute atomic E-state index is 12.6. The van der Waals surface area contributed by atoms with E-state index in [0.29, 0.717) is 11.3 Å². The number of likely N-dealkylation sites (N-methyl/N-ethyl adjacent to an activating group) is 1. The normalized spacial score (nSPS) is 12.2. The van der Waals surface area contributed by atoms with Crippen molar-refractivity contribution in [3.05, 3.63) is 72.6 Å². The van der Waals surface area contributed by atoms with Gasteiger partial charge in [0.05, 0.1) is 0 Å². The Morgan fingerprint density at radius 1 is 1.19 bits per heavy atom. The smallest absolute Gasteiger partial charge is 0.251 e. The van der Waals surface area contributed by atoms with Crippen LogP contribution >= 0.6 is 0 Å². The monoisotopic (exact) mass is 351 g/mol. The van der Waals surface area contributed by atoms with Crippen LogP contribution in [0.3, 0.4) is 0 Å². The second-order valence-corrected chi connectivity index (χ2v) is 7.01. The van der Waals surface area contributed by atoms with Gasteiger partial charge in [-0.15, -0.1) is 0 Å². The van der Waals surface area contributed by atoms with E-state index in [0.717, 1.165) is 5.56 Å². The van der Waals surface area contributed by atoms with Crippen LogP contribution in [0.25, 0.3) is 0 Å². The average molecular weight is 351 g/mol. The summed E-state index contributed by atoms with van der Waals surface area (Å²) in [7, 11) is 1.55. The van der Waals surface area contributed by atoms with E-state index in [2.05, 4.69) is 37.7 Å². The molecule has 5 nitrogen and oxygen atoms in total. The first-order valence-corrected chi connectivity index (χ1v) is 8.47. The van der Waals surface area contributed by atoms with E-state index >= 15 is 0 Å². The first-order chi connectivity index (χ1) is 12.3. The average Bonchev–Trinajstić information content (AvgIpc) is 2.65. The molecule has 26 heavy (non-hydrogen) atoms. The zero-order chi connectivity index (χ0) is 19.3. The third-order valence-corrected chi connectivity index (χ3v) is 4.18. The largest absolute Gasteiger partial charge is 0.357 e. The first kappa shape index (κ1) is 19.4. The van der Waals surface area contributed by atoms with Crippen molar-refractivity contribution in [1.29, 1.82) is 0 Å². The molecule has 1 aromatic carbocycles. The van der Waals surface area contributed by atoms with Gasteiger partial charge in [-0.25, -0.2) is 0 Å². The molecule has 2 amide bonds. The fraction of sp³-hybridized carbons (Fsp3) is 0.286. The second-order valence-electron chi connectivity index (χ2n) is 7.01. The quantitative estimate of drug-likeness (QED) is 0.840. The van der Waals surface area contributed by atoms with Crippen molar-refractivity contribution in [1.82, 2.24) is 10.3 Å². The molecule has 2 rings (SSSR count). The Morgan fingerprint density at radius 3 is 2.31 bits per heavy atom. The Kier molecular flexibility index (Phi) is 5.93. The Labute approximate surface area is 154 Å². The standard InChI is InChI=1S/C21H25N3O2/c1-6-18(25)24(17-11-9-16(10-12-17)21(2,3)4)19(20(26)22-5)15-8-7-13-23-14-15/h6-14,19H,1H2,2-5H3,(H,22,26). The van der Waals surface area contributed by atoms with Gasteiger partial charge in [0.1, 0.15) is 6.04 Å². The van der Waals surface area contributed by atoms with Gasteiger partial charge in [0.15, 0.2) is 0 Å². The van der Waals surface area contributed by atoms with Crippen molar-refractivity contribution >= 4 is 17.5 Å². The molecule has 0 saturated heterocycles. The number of hydrogen-bond acceptors (Lipinski definition) is 3. The van der Waals surface area contributed by atoms with Crippen molar-refractivity contribution in [2.75, 3.05) is 11.9 Å². The highest BCUT2D eigenvalue weighted by Gasteiger charge is 2.31. The predicted molar refractivity (Wildman–Crippen MR) is 104 cm³/mol. The number of anilines is 1. The number of rotatable bonds is 5. The fourth-order valence-electron chi connectivity index (χ4n) is 2.72. The molecule has 0 saturated carbocycles. The number of hydrogen-bond donors (Lipinski definition) is 1. The second kappa shape index (κ2) is 7.95. The predicted octanol–water partition coefficient (Wildman–Crippen LogP) is 3.39. The third-order valence-electron chi connectivity index (χ3n) is 4.18. The van der Waals surface area contributed by atoms with Crippen LogP contribution in [0, 0.1) is 0 Å². The lowest BCUT2D eigenvalue weighted by Crippen LogP contribution is -2.42. The van der Waals surface area contributed by atoms with Crippen LogP contribution in [0.5, 0.6) is 0 Å². The molecule has 1 N–H and O–H groups in total. The van der Waals surface area contributed by atoms with Crippen LogP contribution in [0.4, 0.5) is 5.69 Å². The van der Waals surface area contributed by atoms with Gasteiger partial charge in [-0.1, -0.05) is 45.5 Å². The Morgan fingerprint density at radius 2 is 1.85 bits per heavy atom. The van der Waals surface area contributed by atoms with E-state index in [1.165, 1.54) is 11.0 Å². The number of nitrogens with zero attached hydrogens (tertiary/aromatic N) is 2. The maximum Gasteiger partial charge on any atom is 0.251 e. The van der Waals surface area contributed by atoms with Gasteiger partial charge in [-0.05, 0) is 35.3 Å². The molecule has 0 bridgehead atoms. The van der Waals surface area contributed by atoms with Crippen LogP contribution in [0.15, 0.2) is 61.4 Å². The van der Waals surface area contributed by atoms with Crippen molar-refractivity contribution < 1.29 is 9.59 Å². The molecule has 0 aliphatic rings. The van der Waals surface area contributed by atoms with E-state index in [4.69, 9.17) is 0 Å². The lowest BCUT2D eigenvalue weighted by Gasteiger charge is -2.30. The lowest BCUT2D eigenvalue weighted by molar-refractivity contribution is -0.124. The molecule has 136 valence electrons. The van der Waals surface area contributed by atoms with Gasteiger partial charge in [-0.2, -0.15) is 0 Å². The van der Waals surface area contributed by atoms with Crippen molar-refractivity contribution in [3.63, 3.8) is 0 Å². The number of carbonyl (C=O) groups excluding carboxylic acids is 2. The van der Waals surface area contributed by atoms with Crippen LogP contribution in [-0.4, -0.2) is 23.8 Å². The van der Waals surface area contributed by atoms with Crippen LogP contribution < -0.4 is 10.2 Å². The third kappa shape index (κ3) is 4.17. The minimum Gasteiger partial charge on any atom is -0.357 e. The zero-order valence-electron chi connectivity index (χ0n) is 15.7. The zero-order valence-corrected chi connectivity index (χ0v) is 15.7. The molecule has 0 aliphatic carbocycles. The molecule has 5 heteroatoms. The number of carbonyl (C=O) groups is 2. The molecule has 0 fully saturated rings. The highest BCUT2D eigenvalue weighted by atomic mass is 16.2. The van der Waals surface area contributed by atoms with Crippen molar-refractivity contribution in [2.45, 2.75) is 32.2 Å². The van der Waals surface area contributed by atoms with Gasteiger partial charge in [-0.3, -0.25) is 19.5 Å². The van der Waals surface area contributed by atoms with E-state index in [-0.39, 0.29) is 17.2 Å². The first-order valence-electron chi connectivity index (χ1n) is 8.47. The summed E-state index contributed by atoms with van der Waals surface area (Å²) in [4.78, 5) is 30.8. The lowest BCUT2D eigenvalue weighted by atomic mass is 9.87. The van der Waals surface area contributed by atoms with Crippen LogP contribution in [-0.2, 0) is 15.0 Å². The molecule has 0 aliphatic heterocycles. The summed E-state index contributed by atoms with van der Waals surface area (Å²) in [6.45, 7) is 9.95. The number of amides is 2. The van der Waals surface area contributed by atoms with E-state index < -0.39 is 6.04 Å². The summed E-state index contributed by atoms with van der Waals surface area (Å²) in [5, 5.41) is 2.63. The van der Waals surface area contributed by atoms with Crippen LogP contribution in [0.2, 0.25) is 0 Å². The molecule has 1 atom stereocenters. The number of aromatic nitrogens is 1. The fourth-order valence-corrected chi connectivity index (χ4v) is 2.72. The maximum atomic E-state index is 12.6. The van der Waals surface area contributed by atoms with E-state index in [1.807, 2.05) is 24.3 Å². The SMILES string of the molecule is C=CC(=O)N(c1ccc(C(C)(C)C)cc1)C(C(=O)NC)c1cccnc1. The molecule has 0 spiro atoms. The van der Waals surface area contributed by atoms with Crippen molar-refractivity contribution in [2.24, 2.45) is 0 Å². The topological polar surface area (TPSA) is 62.3 Å². The minimum absolute atomic E-state index is 0.00461. The van der Waals surface area contributed by atoms with E-state index in [1.54, 1.807) is 31.6 Å². The summed E-state index contributed by atoms with van der Waals surface area (Å²) >= 11 is 0. The molecular weight excluding hydrogens is 326 g/mol. The molecule has 0 radical (unpaired) electrons. The van der Waals surface area contributed by atoms with Gasteiger partial charge in [0.25, 0.3) is 5.91 Å². The summed E-state index contributed by atoms with van der Waals surface area (Å²) < 4.78 is 0. The number of benzene rings is 1. The number of nitrogens with one attached hydrogen (secondary N) is 1. The molecule has 1 unspecified atom stereocenters. The highest BCUT2D eigenvalue weighted by molar-refractivity contribution is 6.06. The van der Waals surface area contributed by atoms with E-state index in [9.17, 15) is 9.59 Å².